The average Bonchev–Trinajstić information content (AvgIpc) is 2.33. The van der Waals surface area contributed by atoms with Gasteiger partial charge in [-0.05, 0) is 40.2 Å². The number of hydrogen-bond acceptors (Lipinski definition) is 1. The Hall–Kier alpha value is -0.510. The molecule has 2 aromatic rings. The summed E-state index contributed by atoms with van der Waals surface area (Å²) in [6, 6.07) is 13.4. The number of alkyl halides is 1. The lowest BCUT2D eigenvalue weighted by Gasteiger charge is -2.10. The summed E-state index contributed by atoms with van der Waals surface area (Å²) in [7, 11) is 0. The Morgan fingerprint density at radius 2 is 1.82 bits per heavy atom. The Bertz CT molecular complexity index is 529. The van der Waals surface area contributed by atoms with Crippen molar-refractivity contribution in [1.82, 2.24) is 0 Å². The highest BCUT2D eigenvalue weighted by molar-refractivity contribution is 9.10. The van der Waals surface area contributed by atoms with Crippen LogP contribution in [0.4, 0.5) is 0 Å². The van der Waals surface area contributed by atoms with Gasteiger partial charge in [0, 0.05) is 15.9 Å². The highest BCUT2D eigenvalue weighted by atomic mass is 79.9. The monoisotopic (exact) mass is 374 g/mol. The van der Waals surface area contributed by atoms with Crippen LogP contribution in [0.1, 0.15) is 5.56 Å². The maximum Gasteiger partial charge on any atom is 0.141 e. The molecule has 0 bridgehead atoms. The second-order valence-corrected chi connectivity index (χ2v) is 5.27. The molecule has 0 N–H and O–H groups in total. The quantitative estimate of drug-likeness (QED) is 0.616. The van der Waals surface area contributed by atoms with Gasteiger partial charge >= 0.3 is 0 Å². The van der Waals surface area contributed by atoms with Gasteiger partial charge in [0.25, 0.3) is 0 Å². The van der Waals surface area contributed by atoms with Crippen LogP contribution in [-0.2, 0) is 5.33 Å². The third kappa shape index (κ3) is 3.24. The molecule has 0 heterocycles. The van der Waals surface area contributed by atoms with E-state index in [1.165, 1.54) is 0 Å². The van der Waals surface area contributed by atoms with Crippen LogP contribution in [0.15, 0.2) is 46.9 Å². The maximum atomic E-state index is 5.89. The maximum absolute atomic E-state index is 5.89. The molecule has 0 amide bonds. The summed E-state index contributed by atoms with van der Waals surface area (Å²) in [5, 5.41) is 1.44. The van der Waals surface area contributed by atoms with Crippen molar-refractivity contribution in [2.45, 2.75) is 5.33 Å². The number of benzene rings is 2. The Morgan fingerprint density at radius 3 is 2.53 bits per heavy atom. The standard InChI is InChI=1S/C13H9Br2ClO/c14-8-9-3-1-2-4-12(9)17-13-6-5-10(16)7-11(13)15/h1-7H,8H2. The summed E-state index contributed by atoms with van der Waals surface area (Å²) >= 11 is 12.8. The van der Waals surface area contributed by atoms with Crippen LogP contribution in [0.5, 0.6) is 11.5 Å². The molecule has 0 aromatic heterocycles. The van der Waals surface area contributed by atoms with E-state index in [1.54, 1.807) is 6.07 Å². The normalized spacial score (nSPS) is 10.3. The number of halogens is 3. The van der Waals surface area contributed by atoms with Crippen molar-refractivity contribution in [2.24, 2.45) is 0 Å². The first kappa shape index (κ1) is 12.9. The minimum Gasteiger partial charge on any atom is -0.456 e. The molecule has 1 nitrogen and oxygen atoms in total. The zero-order valence-electron chi connectivity index (χ0n) is 8.79. The number of para-hydroxylation sites is 1. The van der Waals surface area contributed by atoms with Gasteiger partial charge < -0.3 is 4.74 Å². The molecule has 4 heteroatoms. The predicted octanol–water partition coefficient (Wildman–Crippen LogP) is 5.79. The van der Waals surface area contributed by atoms with Crippen molar-refractivity contribution < 1.29 is 4.74 Å². The molecule has 0 saturated heterocycles. The lowest BCUT2D eigenvalue weighted by atomic mass is 10.2. The van der Waals surface area contributed by atoms with Gasteiger partial charge in [0.15, 0.2) is 0 Å². The first-order valence-corrected chi connectivity index (χ1v) is 7.26. The van der Waals surface area contributed by atoms with Crippen LogP contribution in [-0.4, -0.2) is 0 Å². The van der Waals surface area contributed by atoms with Gasteiger partial charge in [-0.2, -0.15) is 0 Å². The van der Waals surface area contributed by atoms with E-state index in [1.807, 2.05) is 36.4 Å². The van der Waals surface area contributed by atoms with Crippen molar-refractivity contribution in [3.05, 3.63) is 57.5 Å². The van der Waals surface area contributed by atoms with E-state index < -0.39 is 0 Å². The van der Waals surface area contributed by atoms with E-state index in [2.05, 4.69) is 31.9 Å². The summed E-state index contributed by atoms with van der Waals surface area (Å²) in [6.07, 6.45) is 0. The molecule has 0 radical (unpaired) electrons. The lowest BCUT2D eigenvalue weighted by Crippen LogP contribution is -1.89. The van der Waals surface area contributed by atoms with Gasteiger partial charge in [0.2, 0.25) is 0 Å². The second kappa shape index (κ2) is 5.89. The Kier molecular flexibility index (Phi) is 4.48. The van der Waals surface area contributed by atoms with Gasteiger partial charge in [-0.25, -0.2) is 0 Å². The van der Waals surface area contributed by atoms with E-state index in [4.69, 9.17) is 16.3 Å². The van der Waals surface area contributed by atoms with Crippen molar-refractivity contribution in [2.75, 3.05) is 0 Å². The van der Waals surface area contributed by atoms with Gasteiger partial charge in [-0.15, -0.1) is 0 Å². The smallest absolute Gasteiger partial charge is 0.141 e. The summed E-state index contributed by atoms with van der Waals surface area (Å²) < 4.78 is 6.69. The highest BCUT2D eigenvalue weighted by Crippen LogP contribution is 2.33. The summed E-state index contributed by atoms with van der Waals surface area (Å²) in [4.78, 5) is 0. The highest BCUT2D eigenvalue weighted by Gasteiger charge is 2.06. The number of hydrogen-bond donors (Lipinski definition) is 0. The molecule has 0 atom stereocenters. The molecule has 0 aliphatic carbocycles. The Labute approximate surface area is 122 Å². The number of rotatable bonds is 3. The Balaban J connectivity index is 2.31. The summed E-state index contributed by atoms with van der Waals surface area (Å²) in [6.45, 7) is 0. The lowest BCUT2D eigenvalue weighted by molar-refractivity contribution is 0.475. The predicted molar refractivity (Wildman–Crippen MR) is 78.3 cm³/mol. The van der Waals surface area contributed by atoms with Crippen LogP contribution in [0, 0.1) is 0 Å². The Morgan fingerprint density at radius 1 is 1.06 bits per heavy atom. The van der Waals surface area contributed by atoms with Crippen molar-refractivity contribution in [3.63, 3.8) is 0 Å². The molecule has 2 aromatic carbocycles. The van der Waals surface area contributed by atoms with Crippen LogP contribution in [0.3, 0.4) is 0 Å². The molecule has 0 aliphatic rings. The van der Waals surface area contributed by atoms with Crippen LogP contribution in [0.2, 0.25) is 5.02 Å². The zero-order valence-corrected chi connectivity index (χ0v) is 12.7. The van der Waals surface area contributed by atoms with E-state index in [0.717, 1.165) is 26.9 Å². The van der Waals surface area contributed by atoms with Gasteiger partial charge in [-0.3, -0.25) is 0 Å². The van der Waals surface area contributed by atoms with Crippen LogP contribution < -0.4 is 4.74 Å². The third-order valence-corrected chi connectivity index (χ3v) is 3.69. The van der Waals surface area contributed by atoms with E-state index in [-0.39, 0.29) is 0 Å². The van der Waals surface area contributed by atoms with E-state index >= 15 is 0 Å². The molecule has 0 spiro atoms. The summed E-state index contributed by atoms with van der Waals surface area (Å²) in [5.74, 6) is 1.59. The van der Waals surface area contributed by atoms with E-state index in [0.29, 0.717) is 5.02 Å². The van der Waals surface area contributed by atoms with E-state index in [9.17, 15) is 0 Å². The van der Waals surface area contributed by atoms with Gasteiger partial charge in [0.05, 0.1) is 4.47 Å². The average molecular weight is 376 g/mol. The first-order chi connectivity index (χ1) is 8.20. The first-order valence-electron chi connectivity index (χ1n) is 4.97. The van der Waals surface area contributed by atoms with Crippen LogP contribution in [0.25, 0.3) is 0 Å². The minimum absolute atomic E-state index is 0.679. The molecular formula is C13H9Br2ClO. The number of ether oxygens (including phenoxy) is 1. The van der Waals surface area contributed by atoms with Crippen molar-refractivity contribution >= 4 is 43.5 Å². The van der Waals surface area contributed by atoms with Gasteiger partial charge in [0.1, 0.15) is 11.5 Å². The molecule has 0 saturated carbocycles. The van der Waals surface area contributed by atoms with Crippen LogP contribution >= 0.6 is 43.5 Å². The van der Waals surface area contributed by atoms with Crippen molar-refractivity contribution in [3.8, 4) is 11.5 Å². The topological polar surface area (TPSA) is 9.23 Å². The largest absolute Gasteiger partial charge is 0.456 e. The minimum atomic E-state index is 0.679. The zero-order chi connectivity index (χ0) is 12.3. The molecule has 0 fully saturated rings. The molecule has 88 valence electrons. The molecule has 0 unspecified atom stereocenters. The molecule has 2 rings (SSSR count). The van der Waals surface area contributed by atoms with Crippen molar-refractivity contribution in [1.29, 1.82) is 0 Å². The molecule has 0 aliphatic heterocycles. The fourth-order valence-electron chi connectivity index (χ4n) is 1.39. The fraction of sp³-hybridized carbons (Fsp3) is 0.0769. The second-order valence-electron chi connectivity index (χ2n) is 3.42. The SMILES string of the molecule is Clc1ccc(Oc2ccccc2CBr)c(Br)c1. The third-order valence-electron chi connectivity index (χ3n) is 2.23. The fourth-order valence-corrected chi connectivity index (χ4v) is 2.62. The molecular weight excluding hydrogens is 367 g/mol. The summed E-state index contributed by atoms with van der Waals surface area (Å²) in [5.41, 5.74) is 1.11. The molecule has 17 heavy (non-hydrogen) atoms. The van der Waals surface area contributed by atoms with Gasteiger partial charge in [-0.1, -0.05) is 45.7 Å².